The number of ether oxygens (including phenoxy) is 1. The molecular weight excluding hydrogens is 630 g/mol. The number of hydrogen-bond acceptors (Lipinski definition) is 5. The van der Waals surface area contributed by atoms with Crippen molar-refractivity contribution in [1.29, 1.82) is 0 Å². The Bertz CT molecular complexity index is 1480. The second kappa shape index (κ2) is 14.2. The van der Waals surface area contributed by atoms with Crippen molar-refractivity contribution in [3.8, 4) is 5.75 Å². The van der Waals surface area contributed by atoms with E-state index in [-0.39, 0.29) is 23.4 Å². The van der Waals surface area contributed by atoms with Crippen molar-refractivity contribution in [2.45, 2.75) is 57.6 Å². The lowest BCUT2D eigenvalue weighted by Gasteiger charge is -2.32. The maximum absolute atomic E-state index is 14.0. The second-order valence-electron chi connectivity index (χ2n) is 9.79. The number of anilines is 1. The molecule has 0 fully saturated rings. The summed E-state index contributed by atoms with van der Waals surface area (Å²) in [5, 5.41) is 3.41. The topological polar surface area (TPSA) is 96.0 Å². The number of hydrogen-bond donors (Lipinski definition) is 1. The minimum Gasteiger partial charge on any atom is -0.496 e. The summed E-state index contributed by atoms with van der Waals surface area (Å²) in [7, 11) is -2.73. The van der Waals surface area contributed by atoms with Gasteiger partial charge in [0.1, 0.15) is 18.3 Å². The third-order valence-corrected chi connectivity index (χ3v) is 9.35. The number of halogens is 2. The lowest BCUT2D eigenvalue weighted by molar-refractivity contribution is -0.139. The number of benzene rings is 3. The van der Waals surface area contributed by atoms with Gasteiger partial charge in [-0.1, -0.05) is 48.4 Å². The number of methoxy groups -OCH3 is 1. The zero-order valence-electron chi connectivity index (χ0n) is 23.7. The Kier molecular flexibility index (Phi) is 11.2. The average molecular weight is 665 g/mol. The summed E-state index contributed by atoms with van der Waals surface area (Å²) in [6.07, 6.45) is 0.720. The third-order valence-electron chi connectivity index (χ3n) is 6.72. The highest BCUT2D eigenvalue weighted by Gasteiger charge is 2.33. The molecule has 3 aromatic rings. The van der Waals surface area contributed by atoms with E-state index < -0.39 is 28.5 Å². The molecule has 0 radical (unpaired) electrons. The molecule has 3 rings (SSSR count). The Labute approximate surface area is 255 Å². The van der Waals surface area contributed by atoms with Gasteiger partial charge in [0.2, 0.25) is 11.8 Å². The van der Waals surface area contributed by atoms with Crippen molar-refractivity contribution >= 4 is 55.1 Å². The molecule has 2 amide bonds. The molecule has 0 aliphatic carbocycles. The third kappa shape index (κ3) is 8.24. The first-order valence-electron chi connectivity index (χ1n) is 13.1. The summed E-state index contributed by atoms with van der Waals surface area (Å²) in [6, 6.07) is 17.3. The van der Waals surface area contributed by atoms with Crippen LogP contribution in [0.25, 0.3) is 0 Å². The number of nitrogens with zero attached hydrogens (tertiary/aromatic N) is 2. The van der Waals surface area contributed by atoms with E-state index in [9.17, 15) is 18.0 Å². The zero-order chi connectivity index (χ0) is 30.3. The first-order chi connectivity index (χ1) is 19.4. The molecule has 0 saturated carbocycles. The van der Waals surface area contributed by atoms with Gasteiger partial charge >= 0.3 is 0 Å². The predicted molar refractivity (Wildman–Crippen MR) is 166 cm³/mol. The number of carbonyl (C=O) groups is 2. The van der Waals surface area contributed by atoms with Crippen molar-refractivity contribution in [2.24, 2.45) is 0 Å². The van der Waals surface area contributed by atoms with E-state index in [1.54, 1.807) is 61.5 Å². The van der Waals surface area contributed by atoms with Crippen LogP contribution in [-0.2, 0) is 26.2 Å². The Morgan fingerprint density at radius 2 is 1.73 bits per heavy atom. The van der Waals surface area contributed by atoms with Crippen molar-refractivity contribution in [2.75, 3.05) is 18.0 Å². The highest BCUT2D eigenvalue weighted by atomic mass is 79.9. The zero-order valence-corrected chi connectivity index (χ0v) is 26.9. The number of rotatable bonds is 12. The van der Waals surface area contributed by atoms with Gasteiger partial charge in [0.15, 0.2) is 0 Å². The quantitative estimate of drug-likeness (QED) is 0.258. The van der Waals surface area contributed by atoms with E-state index >= 15 is 0 Å². The van der Waals surface area contributed by atoms with E-state index in [0.29, 0.717) is 26.5 Å². The van der Waals surface area contributed by atoms with Crippen LogP contribution >= 0.6 is 27.5 Å². The molecule has 1 N–H and O–H groups in total. The molecule has 0 saturated heterocycles. The highest BCUT2D eigenvalue weighted by Crippen LogP contribution is 2.31. The Hall–Kier alpha value is -3.08. The van der Waals surface area contributed by atoms with Gasteiger partial charge in [-0.2, -0.15) is 0 Å². The molecule has 3 aromatic carbocycles. The minimum absolute atomic E-state index is 0.0255. The monoisotopic (exact) mass is 663 g/mol. The highest BCUT2D eigenvalue weighted by molar-refractivity contribution is 9.10. The number of aryl methyl sites for hydroxylation is 1. The van der Waals surface area contributed by atoms with E-state index in [1.807, 2.05) is 20.8 Å². The molecule has 0 aliphatic rings. The van der Waals surface area contributed by atoms with Crippen LogP contribution < -0.4 is 14.4 Å². The fraction of sp³-hybridized carbons (Fsp3) is 0.333. The molecule has 0 bridgehead atoms. The van der Waals surface area contributed by atoms with Crippen LogP contribution in [0.2, 0.25) is 5.02 Å². The van der Waals surface area contributed by atoms with E-state index in [4.69, 9.17) is 16.3 Å². The minimum atomic E-state index is -4.21. The second-order valence-corrected chi connectivity index (χ2v) is 12.9. The van der Waals surface area contributed by atoms with Crippen LogP contribution in [0, 0.1) is 6.92 Å². The number of nitrogens with one attached hydrogen (secondary N) is 1. The molecule has 0 aromatic heterocycles. The van der Waals surface area contributed by atoms with E-state index in [0.717, 1.165) is 16.3 Å². The molecule has 41 heavy (non-hydrogen) atoms. The number of amides is 2. The van der Waals surface area contributed by atoms with Gasteiger partial charge in [0.25, 0.3) is 10.0 Å². The van der Waals surface area contributed by atoms with Gasteiger partial charge in [0, 0.05) is 17.6 Å². The maximum Gasteiger partial charge on any atom is 0.264 e. The van der Waals surface area contributed by atoms with Gasteiger partial charge in [-0.25, -0.2) is 8.42 Å². The summed E-state index contributed by atoms with van der Waals surface area (Å²) in [5.74, 6) is -0.414. The summed E-state index contributed by atoms with van der Waals surface area (Å²) >= 11 is 9.55. The first-order valence-corrected chi connectivity index (χ1v) is 15.8. The molecular formula is C30H35BrClN3O5S. The van der Waals surface area contributed by atoms with Crippen molar-refractivity contribution in [3.05, 3.63) is 87.4 Å². The molecule has 220 valence electrons. The Morgan fingerprint density at radius 1 is 1.05 bits per heavy atom. The van der Waals surface area contributed by atoms with Crippen LogP contribution in [0.3, 0.4) is 0 Å². The normalized spacial score (nSPS) is 12.8. The Balaban J connectivity index is 2.05. The molecule has 0 aliphatic heterocycles. The SMILES string of the molecule is CC[C@@H](C)NC(=O)[C@@H](C)N(Cc1cccc(Cl)c1)C(=O)CN(c1ccc(C)cc1)S(=O)(=O)c1ccc(OC)c(Br)c1. The summed E-state index contributed by atoms with van der Waals surface area (Å²) in [5.41, 5.74) is 1.95. The fourth-order valence-corrected chi connectivity index (χ4v) is 6.40. The van der Waals surface area contributed by atoms with E-state index in [2.05, 4.69) is 21.2 Å². The maximum atomic E-state index is 14.0. The summed E-state index contributed by atoms with van der Waals surface area (Å²) in [4.78, 5) is 28.5. The van der Waals surface area contributed by atoms with Gasteiger partial charge in [-0.3, -0.25) is 13.9 Å². The molecule has 2 atom stereocenters. The number of carbonyl (C=O) groups excluding carboxylic acids is 2. The van der Waals surface area contributed by atoms with Crippen LogP contribution in [-0.4, -0.2) is 50.9 Å². The van der Waals surface area contributed by atoms with Crippen LogP contribution in [0.15, 0.2) is 76.1 Å². The lowest BCUT2D eigenvalue weighted by atomic mass is 10.1. The van der Waals surface area contributed by atoms with Crippen molar-refractivity contribution in [1.82, 2.24) is 10.2 Å². The summed E-state index contributed by atoms with van der Waals surface area (Å²) in [6.45, 7) is 6.88. The van der Waals surface area contributed by atoms with Crippen LogP contribution in [0.4, 0.5) is 5.69 Å². The largest absolute Gasteiger partial charge is 0.496 e. The Morgan fingerprint density at radius 3 is 2.32 bits per heavy atom. The van der Waals surface area contributed by atoms with E-state index in [1.165, 1.54) is 24.1 Å². The summed E-state index contributed by atoms with van der Waals surface area (Å²) < 4.78 is 34.8. The first kappa shape index (κ1) is 32.4. The predicted octanol–water partition coefficient (Wildman–Crippen LogP) is 5.95. The molecule has 0 unspecified atom stereocenters. The fourth-order valence-electron chi connectivity index (χ4n) is 4.05. The smallest absolute Gasteiger partial charge is 0.264 e. The van der Waals surface area contributed by atoms with Gasteiger partial charge < -0.3 is 15.0 Å². The van der Waals surface area contributed by atoms with Crippen molar-refractivity contribution < 1.29 is 22.7 Å². The van der Waals surface area contributed by atoms with Crippen molar-refractivity contribution in [3.63, 3.8) is 0 Å². The molecule has 11 heteroatoms. The van der Waals surface area contributed by atoms with Gasteiger partial charge in [-0.05, 0) is 91.1 Å². The average Bonchev–Trinajstić information content (AvgIpc) is 2.94. The van der Waals surface area contributed by atoms with Crippen LogP contribution in [0.1, 0.15) is 38.3 Å². The van der Waals surface area contributed by atoms with Gasteiger partial charge in [0.05, 0.1) is 22.2 Å². The number of sulfonamides is 1. The standard InChI is InChI=1S/C30H35BrClN3O5S/c1-6-21(3)33-30(37)22(4)34(18-23-8-7-9-24(32)16-23)29(36)19-35(25-12-10-20(2)11-13-25)41(38,39)26-14-15-28(40-5)27(31)17-26/h7-17,21-22H,6,18-19H2,1-5H3,(H,33,37)/t21-,22-/m1/s1. The van der Waals surface area contributed by atoms with Gasteiger partial charge in [-0.15, -0.1) is 0 Å². The lowest BCUT2D eigenvalue weighted by Crippen LogP contribution is -2.52. The van der Waals surface area contributed by atoms with Crippen LogP contribution in [0.5, 0.6) is 5.75 Å². The molecule has 0 spiro atoms. The molecule has 0 heterocycles. The molecule has 8 nitrogen and oxygen atoms in total.